The Balaban J connectivity index is 1.90. The van der Waals surface area contributed by atoms with Crippen molar-refractivity contribution in [3.8, 4) is 0 Å². The molecule has 1 amide bonds. The Labute approximate surface area is 131 Å². The smallest absolute Gasteiger partial charge is 0.409 e. The Bertz CT molecular complexity index is 780. The molecule has 3 rings (SSSR count). The van der Waals surface area contributed by atoms with E-state index in [1.807, 2.05) is 0 Å². The lowest BCUT2D eigenvalue weighted by Gasteiger charge is -2.31. The van der Waals surface area contributed by atoms with Gasteiger partial charge in [-0.2, -0.15) is 0 Å². The van der Waals surface area contributed by atoms with Crippen LogP contribution in [-0.4, -0.2) is 17.7 Å². The zero-order valence-corrected chi connectivity index (χ0v) is 12.1. The summed E-state index contributed by atoms with van der Waals surface area (Å²) in [6, 6.07) is 7.50. The molecular weight excluding hydrogens is 304 g/mol. The molecule has 0 aromatic heterocycles. The fourth-order valence-corrected chi connectivity index (χ4v) is 2.78. The third kappa shape index (κ3) is 2.90. The van der Waals surface area contributed by atoms with Crippen LogP contribution in [0.3, 0.4) is 0 Å². The van der Waals surface area contributed by atoms with Crippen LogP contribution >= 0.6 is 0 Å². The van der Waals surface area contributed by atoms with Crippen molar-refractivity contribution in [2.24, 2.45) is 0 Å². The van der Waals surface area contributed by atoms with Gasteiger partial charge in [-0.3, -0.25) is 5.32 Å². The highest BCUT2D eigenvalue weighted by molar-refractivity contribution is 5.88. The van der Waals surface area contributed by atoms with Crippen LogP contribution in [0.2, 0.25) is 0 Å². The van der Waals surface area contributed by atoms with E-state index in [-0.39, 0.29) is 17.2 Å². The number of nitrogen functional groups attached to an aromatic ring is 1. The maximum Gasteiger partial charge on any atom is 0.409 e. The number of nitrogens with zero attached hydrogens (tertiary/aromatic N) is 1. The van der Waals surface area contributed by atoms with Crippen molar-refractivity contribution in [1.82, 2.24) is 0 Å². The molecule has 23 heavy (non-hydrogen) atoms. The van der Waals surface area contributed by atoms with Gasteiger partial charge in [0.25, 0.3) is 0 Å². The molecule has 7 heteroatoms. The average molecular weight is 319 g/mol. The van der Waals surface area contributed by atoms with Crippen LogP contribution in [-0.2, 0) is 13.0 Å². The third-order valence-electron chi connectivity index (χ3n) is 3.92. The van der Waals surface area contributed by atoms with E-state index in [9.17, 15) is 13.6 Å². The van der Waals surface area contributed by atoms with Crippen molar-refractivity contribution >= 4 is 23.2 Å². The predicted octanol–water partition coefficient (Wildman–Crippen LogP) is 3.20. The lowest BCUT2D eigenvalue weighted by atomic mass is 9.99. The van der Waals surface area contributed by atoms with Crippen LogP contribution in [0.5, 0.6) is 0 Å². The van der Waals surface area contributed by atoms with Gasteiger partial charge < -0.3 is 15.7 Å². The molecule has 120 valence electrons. The molecule has 1 aliphatic rings. The molecule has 0 bridgehead atoms. The van der Waals surface area contributed by atoms with Crippen molar-refractivity contribution in [3.05, 3.63) is 53.1 Å². The summed E-state index contributed by atoms with van der Waals surface area (Å²) in [5, 5.41) is 10.8. The van der Waals surface area contributed by atoms with Crippen molar-refractivity contribution in [2.75, 3.05) is 22.5 Å². The van der Waals surface area contributed by atoms with E-state index in [0.717, 1.165) is 11.1 Å². The van der Waals surface area contributed by atoms with E-state index in [1.165, 1.54) is 24.3 Å². The Hall–Kier alpha value is -2.83. The highest BCUT2D eigenvalue weighted by atomic mass is 19.1. The number of hydrogen-bond donors (Lipinski definition) is 3. The topological polar surface area (TPSA) is 78.6 Å². The van der Waals surface area contributed by atoms with Crippen molar-refractivity contribution in [3.63, 3.8) is 0 Å². The third-order valence-corrected chi connectivity index (χ3v) is 3.92. The number of nitrogens with two attached hydrogens (primary N) is 1. The summed E-state index contributed by atoms with van der Waals surface area (Å²) in [4.78, 5) is 12.5. The van der Waals surface area contributed by atoms with Gasteiger partial charge in [-0.15, -0.1) is 0 Å². The largest absolute Gasteiger partial charge is 0.465 e. The normalized spacial score (nSPS) is 13.6. The predicted molar refractivity (Wildman–Crippen MR) is 83.6 cm³/mol. The lowest BCUT2D eigenvalue weighted by Crippen LogP contribution is -2.31. The Morgan fingerprint density at radius 1 is 1.22 bits per heavy atom. The van der Waals surface area contributed by atoms with Crippen LogP contribution in [0.15, 0.2) is 30.3 Å². The number of hydrogen-bond acceptors (Lipinski definition) is 3. The second-order valence-electron chi connectivity index (χ2n) is 5.37. The molecule has 0 radical (unpaired) electrons. The quantitative estimate of drug-likeness (QED) is 0.743. The number of amides is 1. The van der Waals surface area contributed by atoms with Crippen LogP contribution < -0.4 is 16.0 Å². The maximum absolute atomic E-state index is 14.5. The molecule has 0 saturated heterocycles. The number of anilines is 3. The Morgan fingerprint density at radius 2 is 2.00 bits per heavy atom. The van der Waals surface area contributed by atoms with Gasteiger partial charge in [0.2, 0.25) is 0 Å². The minimum Gasteiger partial charge on any atom is -0.465 e. The number of carboxylic acid groups (broad SMARTS) is 1. The van der Waals surface area contributed by atoms with E-state index < -0.39 is 11.9 Å². The highest BCUT2D eigenvalue weighted by Crippen LogP contribution is 2.33. The molecular formula is C16H15F2N3O2. The number of benzene rings is 2. The number of nitrogens with one attached hydrogen (secondary N) is 1. The minimum absolute atomic E-state index is 0.0123. The van der Waals surface area contributed by atoms with Gasteiger partial charge in [0.05, 0.1) is 17.1 Å². The van der Waals surface area contributed by atoms with Gasteiger partial charge in [-0.1, -0.05) is 6.07 Å². The average Bonchev–Trinajstić information content (AvgIpc) is 2.51. The first-order valence-corrected chi connectivity index (χ1v) is 7.06. The van der Waals surface area contributed by atoms with Gasteiger partial charge in [-0.25, -0.2) is 13.6 Å². The molecule has 0 aliphatic carbocycles. The van der Waals surface area contributed by atoms with E-state index in [1.54, 1.807) is 11.0 Å². The minimum atomic E-state index is -1.31. The first-order chi connectivity index (χ1) is 11.0. The molecule has 1 heterocycles. The summed E-state index contributed by atoms with van der Waals surface area (Å²) >= 11 is 0. The molecule has 0 saturated carbocycles. The first kappa shape index (κ1) is 15.1. The molecule has 1 aliphatic heterocycles. The van der Waals surface area contributed by atoms with Gasteiger partial charge in [-0.05, 0) is 41.8 Å². The second-order valence-corrected chi connectivity index (χ2v) is 5.37. The summed E-state index contributed by atoms with van der Waals surface area (Å²) in [5.41, 5.74) is 7.60. The Kier molecular flexibility index (Phi) is 3.77. The summed E-state index contributed by atoms with van der Waals surface area (Å²) in [5.74, 6) is -0.946. The van der Waals surface area contributed by atoms with Crippen molar-refractivity contribution in [2.45, 2.75) is 13.0 Å². The number of rotatable bonds is 2. The summed E-state index contributed by atoms with van der Waals surface area (Å²) < 4.78 is 27.7. The Morgan fingerprint density at radius 3 is 2.74 bits per heavy atom. The van der Waals surface area contributed by atoms with E-state index in [0.29, 0.717) is 25.2 Å². The fourth-order valence-electron chi connectivity index (χ4n) is 2.78. The number of halogens is 2. The van der Waals surface area contributed by atoms with E-state index in [4.69, 9.17) is 10.8 Å². The van der Waals surface area contributed by atoms with Crippen molar-refractivity contribution < 1.29 is 18.7 Å². The monoisotopic (exact) mass is 319 g/mol. The van der Waals surface area contributed by atoms with Crippen molar-refractivity contribution in [1.29, 1.82) is 0 Å². The van der Waals surface area contributed by atoms with Gasteiger partial charge in [0, 0.05) is 13.1 Å². The van der Waals surface area contributed by atoms with E-state index in [2.05, 4.69) is 5.32 Å². The van der Waals surface area contributed by atoms with Crippen LogP contribution in [0.4, 0.5) is 30.6 Å². The second kappa shape index (κ2) is 5.75. The van der Waals surface area contributed by atoms with Gasteiger partial charge >= 0.3 is 6.09 Å². The molecule has 0 unspecified atom stereocenters. The van der Waals surface area contributed by atoms with Crippen LogP contribution in [0, 0.1) is 11.6 Å². The fraction of sp³-hybridized carbons (Fsp3) is 0.188. The highest BCUT2D eigenvalue weighted by Gasteiger charge is 2.21. The number of fused-ring (bicyclic) bond motifs is 1. The molecule has 4 N–H and O–H groups in total. The molecule has 0 fully saturated rings. The standard InChI is InChI=1S/C16H15F2N3O2/c17-11-2-1-10-8-21(6-5-9(10)7-11)13-4-3-12(20-16(22)23)15(19)14(13)18/h1-4,7,20H,5-6,8,19H2,(H,22,23). The van der Waals surface area contributed by atoms with Crippen LogP contribution in [0.1, 0.15) is 11.1 Å². The summed E-state index contributed by atoms with van der Waals surface area (Å²) in [7, 11) is 0. The van der Waals surface area contributed by atoms with Gasteiger partial charge in [0.15, 0.2) is 5.82 Å². The molecule has 2 aromatic carbocycles. The van der Waals surface area contributed by atoms with Crippen LogP contribution in [0.25, 0.3) is 0 Å². The SMILES string of the molecule is Nc1c(NC(=O)O)ccc(N2CCc3cc(F)ccc3C2)c1F. The zero-order valence-electron chi connectivity index (χ0n) is 12.1. The van der Waals surface area contributed by atoms with E-state index >= 15 is 0 Å². The maximum atomic E-state index is 14.5. The molecule has 5 nitrogen and oxygen atoms in total. The zero-order chi connectivity index (χ0) is 16.6. The molecule has 2 aromatic rings. The molecule has 0 atom stereocenters. The molecule has 0 spiro atoms. The summed E-state index contributed by atoms with van der Waals surface area (Å²) in [6.45, 7) is 0.968. The number of carbonyl (C=O) groups is 1. The van der Waals surface area contributed by atoms with Gasteiger partial charge in [0.1, 0.15) is 5.82 Å². The first-order valence-electron chi connectivity index (χ1n) is 7.06. The lowest BCUT2D eigenvalue weighted by molar-refractivity contribution is 0.210. The summed E-state index contributed by atoms with van der Waals surface area (Å²) in [6.07, 6.45) is -0.709.